The van der Waals surface area contributed by atoms with Gasteiger partial charge in [0.05, 0.1) is 5.56 Å². The highest BCUT2D eigenvalue weighted by molar-refractivity contribution is 6.36. The van der Waals surface area contributed by atoms with Crippen LogP contribution >= 0.6 is 34.8 Å². The van der Waals surface area contributed by atoms with Crippen LogP contribution in [-0.2, 0) is 12.7 Å². The second-order valence-corrected chi connectivity index (χ2v) is 5.49. The van der Waals surface area contributed by atoms with Crippen molar-refractivity contribution < 1.29 is 13.2 Å². The molecule has 0 fully saturated rings. The SMILES string of the molecule is FC(F)(F)c1cc(Cl)ccc1NCc1c(Cl)cccc1Cl. The highest BCUT2D eigenvalue weighted by atomic mass is 35.5. The lowest BCUT2D eigenvalue weighted by Crippen LogP contribution is -2.11. The summed E-state index contributed by atoms with van der Waals surface area (Å²) in [5.41, 5.74) is -0.384. The van der Waals surface area contributed by atoms with Crippen molar-refractivity contribution in [3.8, 4) is 0 Å². The fourth-order valence-electron chi connectivity index (χ4n) is 1.79. The Morgan fingerprint density at radius 1 is 0.952 bits per heavy atom. The minimum atomic E-state index is -4.50. The molecule has 0 amide bonds. The van der Waals surface area contributed by atoms with Crippen molar-refractivity contribution in [1.82, 2.24) is 0 Å². The summed E-state index contributed by atoms with van der Waals surface area (Å²) in [5.74, 6) is 0. The molecule has 112 valence electrons. The summed E-state index contributed by atoms with van der Waals surface area (Å²) in [6.07, 6.45) is -4.50. The molecule has 0 heterocycles. The van der Waals surface area contributed by atoms with E-state index in [1.54, 1.807) is 18.2 Å². The van der Waals surface area contributed by atoms with Crippen LogP contribution in [0.5, 0.6) is 0 Å². The maximum atomic E-state index is 13.0. The van der Waals surface area contributed by atoms with Crippen molar-refractivity contribution in [1.29, 1.82) is 0 Å². The standard InChI is InChI=1S/C14H9Cl3F3N/c15-8-4-5-13(10(6-8)14(18,19)20)21-7-9-11(16)2-1-3-12(9)17/h1-6,21H,7H2. The van der Waals surface area contributed by atoms with Crippen molar-refractivity contribution in [3.05, 3.63) is 62.6 Å². The Labute approximate surface area is 134 Å². The third kappa shape index (κ3) is 3.96. The predicted octanol–water partition coefficient (Wildman–Crippen LogP) is 6.28. The monoisotopic (exact) mass is 353 g/mol. The van der Waals surface area contributed by atoms with Gasteiger partial charge in [0, 0.05) is 32.9 Å². The zero-order valence-electron chi connectivity index (χ0n) is 10.4. The Morgan fingerprint density at radius 3 is 2.14 bits per heavy atom. The van der Waals surface area contributed by atoms with Gasteiger partial charge in [-0.15, -0.1) is 0 Å². The molecule has 1 nitrogen and oxygen atoms in total. The largest absolute Gasteiger partial charge is 0.418 e. The lowest BCUT2D eigenvalue weighted by Gasteiger charge is -2.16. The number of alkyl halides is 3. The summed E-state index contributed by atoms with van der Waals surface area (Å²) in [7, 11) is 0. The molecule has 0 atom stereocenters. The topological polar surface area (TPSA) is 12.0 Å². The third-order valence-electron chi connectivity index (χ3n) is 2.80. The van der Waals surface area contributed by atoms with Gasteiger partial charge in [-0.25, -0.2) is 0 Å². The molecule has 1 N–H and O–H groups in total. The molecule has 0 aliphatic rings. The molecule has 2 rings (SSSR count). The molecule has 2 aromatic carbocycles. The van der Waals surface area contributed by atoms with E-state index < -0.39 is 11.7 Å². The smallest absolute Gasteiger partial charge is 0.380 e. The van der Waals surface area contributed by atoms with Crippen LogP contribution in [0.15, 0.2) is 36.4 Å². The van der Waals surface area contributed by atoms with Gasteiger partial charge >= 0.3 is 6.18 Å². The first kappa shape index (κ1) is 16.3. The quantitative estimate of drug-likeness (QED) is 0.684. The number of rotatable bonds is 3. The number of nitrogens with one attached hydrogen (secondary N) is 1. The van der Waals surface area contributed by atoms with Crippen molar-refractivity contribution in [3.63, 3.8) is 0 Å². The molecule has 0 saturated heterocycles. The molecular formula is C14H9Cl3F3N. The van der Waals surface area contributed by atoms with E-state index >= 15 is 0 Å². The van der Waals surface area contributed by atoms with Crippen LogP contribution in [0.1, 0.15) is 11.1 Å². The maximum absolute atomic E-state index is 13.0. The van der Waals surface area contributed by atoms with Gasteiger partial charge in [-0.05, 0) is 30.3 Å². The normalized spacial score (nSPS) is 11.5. The zero-order chi connectivity index (χ0) is 15.6. The lowest BCUT2D eigenvalue weighted by molar-refractivity contribution is -0.136. The molecule has 0 bridgehead atoms. The van der Waals surface area contributed by atoms with Crippen LogP contribution in [-0.4, -0.2) is 0 Å². The fourth-order valence-corrected chi connectivity index (χ4v) is 2.49. The summed E-state index contributed by atoms with van der Waals surface area (Å²) in [5, 5.41) is 3.49. The molecular weight excluding hydrogens is 346 g/mol. The summed E-state index contributed by atoms with van der Waals surface area (Å²) in [6, 6.07) is 8.44. The average molecular weight is 355 g/mol. The third-order valence-corrected chi connectivity index (χ3v) is 3.75. The van der Waals surface area contributed by atoms with Crippen LogP contribution in [0.25, 0.3) is 0 Å². The summed E-state index contributed by atoms with van der Waals surface area (Å²) < 4.78 is 38.9. The molecule has 21 heavy (non-hydrogen) atoms. The first-order valence-corrected chi connectivity index (χ1v) is 6.96. The maximum Gasteiger partial charge on any atom is 0.418 e. The Morgan fingerprint density at radius 2 is 1.57 bits per heavy atom. The van der Waals surface area contributed by atoms with E-state index in [0.717, 1.165) is 6.07 Å². The zero-order valence-corrected chi connectivity index (χ0v) is 12.7. The van der Waals surface area contributed by atoms with Gasteiger partial charge in [0.1, 0.15) is 0 Å². The average Bonchev–Trinajstić information content (AvgIpc) is 2.38. The van der Waals surface area contributed by atoms with E-state index in [9.17, 15) is 13.2 Å². The van der Waals surface area contributed by atoms with Crippen LogP contribution in [0.2, 0.25) is 15.1 Å². The Balaban J connectivity index is 2.29. The summed E-state index contributed by atoms with van der Waals surface area (Å²) in [6.45, 7) is 0.0726. The molecule has 0 aromatic heterocycles. The second kappa shape index (κ2) is 6.34. The Kier molecular flexibility index (Phi) is 4.91. The lowest BCUT2D eigenvalue weighted by atomic mass is 10.1. The first-order valence-electron chi connectivity index (χ1n) is 5.82. The fraction of sp³-hybridized carbons (Fsp3) is 0.143. The number of halogens is 6. The van der Waals surface area contributed by atoms with E-state index in [1.165, 1.54) is 12.1 Å². The molecule has 0 spiro atoms. The van der Waals surface area contributed by atoms with Gasteiger partial charge in [0.25, 0.3) is 0 Å². The van der Waals surface area contributed by atoms with Crippen molar-refractivity contribution in [2.24, 2.45) is 0 Å². The molecule has 7 heteroatoms. The second-order valence-electron chi connectivity index (χ2n) is 4.24. The minimum Gasteiger partial charge on any atom is -0.380 e. The minimum absolute atomic E-state index is 0.0173. The van der Waals surface area contributed by atoms with Gasteiger partial charge in [-0.3, -0.25) is 0 Å². The molecule has 0 saturated carbocycles. The van der Waals surface area contributed by atoms with E-state index in [-0.39, 0.29) is 17.3 Å². The van der Waals surface area contributed by atoms with Crippen LogP contribution in [0, 0.1) is 0 Å². The van der Waals surface area contributed by atoms with Gasteiger partial charge in [0.15, 0.2) is 0 Å². The summed E-state index contributed by atoms with van der Waals surface area (Å²) >= 11 is 17.6. The molecule has 2 aromatic rings. The Hall–Kier alpha value is -1.10. The number of anilines is 1. The highest BCUT2D eigenvalue weighted by Gasteiger charge is 2.33. The number of hydrogen-bond donors (Lipinski definition) is 1. The summed E-state index contributed by atoms with van der Waals surface area (Å²) in [4.78, 5) is 0. The molecule has 0 unspecified atom stereocenters. The van der Waals surface area contributed by atoms with Crippen LogP contribution < -0.4 is 5.32 Å². The van der Waals surface area contributed by atoms with E-state index in [1.807, 2.05) is 0 Å². The van der Waals surface area contributed by atoms with Crippen LogP contribution in [0.4, 0.5) is 18.9 Å². The molecule has 0 radical (unpaired) electrons. The highest BCUT2D eigenvalue weighted by Crippen LogP contribution is 2.37. The van der Waals surface area contributed by atoms with Gasteiger partial charge in [0.2, 0.25) is 0 Å². The van der Waals surface area contributed by atoms with Crippen molar-refractivity contribution in [2.75, 3.05) is 5.32 Å². The molecule has 0 aliphatic heterocycles. The van der Waals surface area contributed by atoms with E-state index in [2.05, 4.69) is 5.32 Å². The number of benzene rings is 2. The Bertz CT molecular complexity index is 636. The number of hydrogen-bond acceptors (Lipinski definition) is 1. The predicted molar refractivity (Wildman–Crippen MR) is 80.2 cm³/mol. The molecule has 0 aliphatic carbocycles. The van der Waals surface area contributed by atoms with Gasteiger partial charge in [-0.2, -0.15) is 13.2 Å². The van der Waals surface area contributed by atoms with Crippen molar-refractivity contribution in [2.45, 2.75) is 12.7 Å². The van der Waals surface area contributed by atoms with Gasteiger partial charge < -0.3 is 5.32 Å². The van der Waals surface area contributed by atoms with Gasteiger partial charge in [-0.1, -0.05) is 40.9 Å². The van der Waals surface area contributed by atoms with Crippen molar-refractivity contribution >= 4 is 40.5 Å². The van der Waals surface area contributed by atoms with E-state index in [4.69, 9.17) is 34.8 Å². The van der Waals surface area contributed by atoms with Crippen LogP contribution in [0.3, 0.4) is 0 Å². The van der Waals surface area contributed by atoms with E-state index in [0.29, 0.717) is 15.6 Å². The first-order chi connectivity index (χ1) is 9.79.